The Balaban J connectivity index is 3.12. The van der Waals surface area contributed by atoms with Crippen LogP contribution in [0.15, 0.2) is 24.3 Å². The highest BCUT2D eigenvalue weighted by Crippen LogP contribution is 2.38. The number of benzene rings is 1. The second kappa shape index (κ2) is 6.04. The number of esters is 1. The Bertz CT molecular complexity index is 425. The van der Waals surface area contributed by atoms with Crippen molar-refractivity contribution < 1.29 is 27.1 Å². The number of rotatable bonds is 4. The van der Waals surface area contributed by atoms with Crippen LogP contribution in [-0.2, 0) is 9.53 Å². The van der Waals surface area contributed by atoms with Gasteiger partial charge in [0.2, 0.25) is 0 Å². The molecule has 0 saturated carbocycles. The van der Waals surface area contributed by atoms with E-state index in [0.717, 1.165) is 19.1 Å². The van der Waals surface area contributed by atoms with Gasteiger partial charge in [0.1, 0.15) is 5.82 Å². The minimum Gasteiger partial charge on any atom is -0.466 e. The van der Waals surface area contributed by atoms with Crippen molar-refractivity contribution in [2.75, 3.05) is 6.61 Å². The molecule has 0 spiro atoms. The number of hydrogen-bond acceptors (Lipinski definition) is 2. The van der Waals surface area contributed by atoms with Crippen LogP contribution in [0.1, 0.15) is 25.3 Å². The molecule has 1 aromatic rings. The van der Waals surface area contributed by atoms with E-state index in [-0.39, 0.29) is 12.2 Å². The molecule has 0 N–H and O–H groups in total. The lowest BCUT2D eigenvalue weighted by Gasteiger charge is -2.24. The Morgan fingerprint density at radius 1 is 1.26 bits per heavy atom. The van der Waals surface area contributed by atoms with Crippen molar-refractivity contribution in [2.24, 2.45) is 5.92 Å². The summed E-state index contributed by atoms with van der Waals surface area (Å²) < 4.78 is 55.8. The molecule has 0 fully saturated rings. The molecule has 6 heteroatoms. The van der Waals surface area contributed by atoms with Crippen LogP contribution in [0.3, 0.4) is 0 Å². The highest BCUT2D eigenvalue weighted by atomic mass is 19.4. The standard InChI is InChI=1S/C13H14F4O2/c1-3-19-12(18)11(8(2)13(15,16)17)9-4-6-10(14)7-5-9/h4-8,11H,3H2,1-2H3/t8-,11?/m1/s1. The second-order valence-electron chi connectivity index (χ2n) is 4.11. The molecular formula is C13H14F4O2. The average Bonchev–Trinajstić information content (AvgIpc) is 2.31. The third kappa shape index (κ3) is 3.94. The summed E-state index contributed by atoms with van der Waals surface area (Å²) in [5.74, 6) is -4.93. The van der Waals surface area contributed by atoms with Crippen molar-refractivity contribution >= 4 is 5.97 Å². The Kier molecular flexibility index (Phi) is 4.91. The first-order chi connectivity index (χ1) is 8.77. The second-order valence-corrected chi connectivity index (χ2v) is 4.11. The molecule has 0 saturated heterocycles. The molecule has 2 nitrogen and oxygen atoms in total. The van der Waals surface area contributed by atoms with Gasteiger partial charge < -0.3 is 4.74 Å². The summed E-state index contributed by atoms with van der Waals surface area (Å²) in [6.45, 7) is 2.41. The molecule has 1 unspecified atom stereocenters. The maximum atomic E-state index is 12.8. The molecule has 0 aliphatic rings. The summed E-state index contributed by atoms with van der Waals surface area (Å²) in [7, 11) is 0. The van der Waals surface area contributed by atoms with Crippen molar-refractivity contribution in [3.8, 4) is 0 Å². The monoisotopic (exact) mass is 278 g/mol. The Morgan fingerprint density at radius 2 is 1.79 bits per heavy atom. The number of halogens is 4. The largest absolute Gasteiger partial charge is 0.466 e. The molecule has 0 radical (unpaired) electrons. The number of hydrogen-bond donors (Lipinski definition) is 0. The van der Waals surface area contributed by atoms with E-state index in [0.29, 0.717) is 0 Å². The minimum absolute atomic E-state index is 0.0128. The molecule has 1 aromatic carbocycles. The fourth-order valence-electron chi connectivity index (χ4n) is 1.72. The Hall–Kier alpha value is -1.59. The summed E-state index contributed by atoms with van der Waals surface area (Å²) in [6.07, 6.45) is -4.54. The average molecular weight is 278 g/mol. The van der Waals surface area contributed by atoms with Gasteiger partial charge in [-0.3, -0.25) is 4.79 Å². The fraction of sp³-hybridized carbons (Fsp3) is 0.462. The van der Waals surface area contributed by atoms with Gasteiger partial charge in [-0.1, -0.05) is 19.1 Å². The summed E-state index contributed by atoms with van der Waals surface area (Å²) >= 11 is 0. The van der Waals surface area contributed by atoms with Crippen LogP contribution in [-0.4, -0.2) is 18.8 Å². The van der Waals surface area contributed by atoms with E-state index in [4.69, 9.17) is 0 Å². The van der Waals surface area contributed by atoms with Gasteiger partial charge in [0.25, 0.3) is 0 Å². The minimum atomic E-state index is -4.54. The van der Waals surface area contributed by atoms with E-state index >= 15 is 0 Å². The zero-order valence-electron chi connectivity index (χ0n) is 10.5. The van der Waals surface area contributed by atoms with Crippen LogP contribution in [0, 0.1) is 11.7 Å². The summed E-state index contributed by atoms with van der Waals surface area (Å²) in [5.41, 5.74) is 0.0877. The fourth-order valence-corrected chi connectivity index (χ4v) is 1.72. The van der Waals surface area contributed by atoms with Crippen LogP contribution in [0.25, 0.3) is 0 Å². The van der Waals surface area contributed by atoms with E-state index in [2.05, 4.69) is 4.74 Å². The van der Waals surface area contributed by atoms with Crippen molar-refractivity contribution in [3.05, 3.63) is 35.6 Å². The quantitative estimate of drug-likeness (QED) is 0.620. The zero-order chi connectivity index (χ0) is 14.6. The van der Waals surface area contributed by atoms with Crippen molar-refractivity contribution in [2.45, 2.75) is 25.9 Å². The van der Waals surface area contributed by atoms with Gasteiger partial charge in [0.15, 0.2) is 0 Å². The number of alkyl halides is 3. The van der Waals surface area contributed by atoms with Gasteiger partial charge in [-0.25, -0.2) is 4.39 Å². The van der Waals surface area contributed by atoms with Crippen molar-refractivity contribution in [3.63, 3.8) is 0 Å². The van der Waals surface area contributed by atoms with Gasteiger partial charge in [-0.05, 0) is 24.6 Å². The van der Waals surface area contributed by atoms with Gasteiger partial charge in [0, 0.05) is 0 Å². The normalized spacial score (nSPS) is 14.8. The van der Waals surface area contributed by atoms with Crippen LogP contribution >= 0.6 is 0 Å². The number of carbonyl (C=O) groups is 1. The predicted octanol–water partition coefficient (Wildman–Crippen LogP) is 3.67. The highest BCUT2D eigenvalue weighted by molar-refractivity contribution is 5.78. The first kappa shape index (κ1) is 15.5. The van der Waals surface area contributed by atoms with Gasteiger partial charge in [-0.2, -0.15) is 13.2 Å². The van der Waals surface area contributed by atoms with E-state index in [1.54, 1.807) is 0 Å². The molecule has 0 aromatic heterocycles. The Morgan fingerprint density at radius 3 is 2.21 bits per heavy atom. The maximum absolute atomic E-state index is 12.8. The first-order valence-electron chi connectivity index (χ1n) is 5.76. The van der Waals surface area contributed by atoms with Crippen LogP contribution in [0.4, 0.5) is 17.6 Å². The summed E-state index contributed by atoms with van der Waals surface area (Å²) in [5, 5.41) is 0. The molecule has 0 heterocycles. The smallest absolute Gasteiger partial charge is 0.392 e. The molecular weight excluding hydrogens is 264 g/mol. The van der Waals surface area contributed by atoms with E-state index in [1.165, 1.54) is 19.1 Å². The topological polar surface area (TPSA) is 26.3 Å². The predicted molar refractivity (Wildman–Crippen MR) is 61.0 cm³/mol. The van der Waals surface area contributed by atoms with Crippen LogP contribution in [0.2, 0.25) is 0 Å². The van der Waals surface area contributed by atoms with Crippen molar-refractivity contribution in [1.82, 2.24) is 0 Å². The highest BCUT2D eigenvalue weighted by Gasteiger charge is 2.45. The molecule has 106 valence electrons. The molecule has 0 aliphatic carbocycles. The maximum Gasteiger partial charge on any atom is 0.392 e. The third-order valence-corrected chi connectivity index (χ3v) is 2.79. The molecule has 19 heavy (non-hydrogen) atoms. The number of carbonyl (C=O) groups excluding carboxylic acids is 1. The van der Waals surface area contributed by atoms with E-state index < -0.39 is 29.8 Å². The SMILES string of the molecule is CCOC(=O)C(c1ccc(F)cc1)[C@@H](C)C(F)(F)F. The first-order valence-corrected chi connectivity index (χ1v) is 5.76. The number of ether oxygens (including phenoxy) is 1. The van der Waals surface area contributed by atoms with E-state index in [1.807, 2.05) is 0 Å². The van der Waals surface area contributed by atoms with Gasteiger partial charge in [0.05, 0.1) is 18.4 Å². The van der Waals surface area contributed by atoms with Gasteiger partial charge >= 0.3 is 12.1 Å². The van der Waals surface area contributed by atoms with E-state index in [9.17, 15) is 22.4 Å². The third-order valence-electron chi connectivity index (χ3n) is 2.79. The lowest BCUT2D eigenvalue weighted by Crippen LogP contribution is -2.32. The molecule has 0 amide bonds. The molecule has 0 aliphatic heterocycles. The van der Waals surface area contributed by atoms with Crippen molar-refractivity contribution in [1.29, 1.82) is 0 Å². The van der Waals surface area contributed by atoms with Crippen LogP contribution in [0.5, 0.6) is 0 Å². The lowest BCUT2D eigenvalue weighted by molar-refractivity contribution is -0.185. The summed E-state index contributed by atoms with van der Waals surface area (Å²) in [6, 6.07) is 4.37. The summed E-state index contributed by atoms with van der Waals surface area (Å²) in [4.78, 5) is 11.7. The van der Waals surface area contributed by atoms with Crippen LogP contribution < -0.4 is 0 Å². The molecule has 2 atom stereocenters. The molecule has 1 rings (SSSR count). The lowest BCUT2D eigenvalue weighted by atomic mass is 9.86. The van der Waals surface area contributed by atoms with Gasteiger partial charge in [-0.15, -0.1) is 0 Å². The zero-order valence-corrected chi connectivity index (χ0v) is 10.5. The Labute approximate surface area is 108 Å². The molecule has 0 bridgehead atoms.